The van der Waals surface area contributed by atoms with Gasteiger partial charge in [-0.2, -0.15) is 5.10 Å². The van der Waals surface area contributed by atoms with E-state index in [4.69, 9.17) is 4.98 Å². The third kappa shape index (κ3) is 3.34. The molecule has 0 aromatic carbocycles. The average Bonchev–Trinajstić information content (AvgIpc) is 2.71. The molecule has 2 heterocycles. The molecule has 0 fully saturated rings. The molecule has 1 N–H and O–H groups in total. The fourth-order valence-electron chi connectivity index (χ4n) is 2.08. The Balaban J connectivity index is 2.43. The van der Waals surface area contributed by atoms with Gasteiger partial charge in [-0.1, -0.05) is 41.5 Å². The number of aryl methyl sites for hydroxylation is 1. The minimum atomic E-state index is 0.0653. The summed E-state index contributed by atoms with van der Waals surface area (Å²) < 4.78 is 0. The summed E-state index contributed by atoms with van der Waals surface area (Å²) in [6.07, 6.45) is 4.03. The summed E-state index contributed by atoms with van der Waals surface area (Å²) in [5, 5.41) is 8.41. The van der Waals surface area contributed by atoms with Crippen molar-refractivity contribution in [3.05, 3.63) is 23.7 Å². The Morgan fingerprint density at radius 1 is 1.11 bits per heavy atom. The number of nitrogens with one attached hydrogen (secondary N) is 1. The molecule has 0 unspecified atom stereocenters. The van der Waals surface area contributed by atoms with Crippen LogP contribution in [0.5, 0.6) is 0 Å². The molecule has 0 saturated heterocycles. The lowest BCUT2D eigenvalue weighted by molar-refractivity contribution is 0.376. The molecule has 2 rings (SSSR count). The molecule has 3 heteroatoms. The molecular formula is C16H25N3. The van der Waals surface area contributed by atoms with Crippen LogP contribution in [0.3, 0.4) is 0 Å². The smallest absolute Gasteiger partial charge is 0.0687 e. The highest BCUT2D eigenvalue weighted by atomic mass is 15.1. The third-order valence-electron chi connectivity index (χ3n) is 3.40. The summed E-state index contributed by atoms with van der Waals surface area (Å²) in [5.74, 6) is 0. The number of rotatable bonds is 2. The number of hydrogen-bond donors (Lipinski definition) is 1. The van der Waals surface area contributed by atoms with Gasteiger partial charge in [0.25, 0.3) is 0 Å². The Morgan fingerprint density at radius 3 is 2.37 bits per heavy atom. The van der Waals surface area contributed by atoms with Gasteiger partial charge in [-0.3, -0.25) is 10.1 Å². The van der Waals surface area contributed by atoms with E-state index in [1.807, 2.05) is 6.20 Å². The molecule has 0 amide bonds. The third-order valence-corrected chi connectivity index (χ3v) is 3.40. The van der Waals surface area contributed by atoms with Gasteiger partial charge in [-0.15, -0.1) is 0 Å². The zero-order chi connectivity index (χ0) is 14.3. The van der Waals surface area contributed by atoms with E-state index in [-0.39, 0.29) is 5.41 Å². The number of aromatic nitrogens is 3. The first-order valence-corrected chi connectivity index (χ1v) is 7.00. The van der Waals surface area contributed by atoms with E-state index in [1.165, 1.54) is 5.69 Å². The summed E-state index contributed by atoms with van der Waals surface area (Å²) in [7, 11) is 0. The van der Waals surface area contributed by atoms with Crippen molar-refractivity contribution >= 4 is 10.9 Å². The van der Waals surface area contributed by atoms with E-state index in [2.05, 4.69) is 57.8 Å². The predicted octanol–water partition coefficient (Wildman–Crippen LogP) is 4.23. The van der Waals surface area contributed by atoms with Crippen molar-refractivity contribution in [2.45, 2.75) is 59.8 Å². The average molecular weight is 259 g/mol. The molecule has 0 aliphatic carbocycles. The van der Waals surface area contributed by atoms with E-state index < -0.39 is 0 Å². The molecule has 0 saturated carbocycles. The van der Waals surface area contributed by atoms with Gasteiger partial charge in [0.2, 0.25) is 0 Å². The Labute approximate surface area is 115 Å². The number of hydrogen-bond acceptors (Lipinski definition) is 2. The van der Waals surface area contributed by atoms with Crippen molar-refractivity contribution in [1.82, 2.24) is 15.2 Å². The van der Waals surface area contributed by atoms with Crippen LogP contribution in [-0.2, 0) is 11.8 Å². The maximum Gasteiger partial charge on any atom is 0.0687 e. The van der Waals surface area contributed by atoms with Crippen molar-refractivity contribution in [3.63, 3.8) is 0 Å². The molecule has 2 aromatic rings. The Kier molecular flexibility index (Phi) is 3.41. The first kappa shape index (κ1) is 14.0. The monoisotopic (exact) mass is 259 g/mol. The van der Waals surface area contributed by atoms with Gasteiger partial charge in [-0.05, 0) is 24.3 Å². The lowest BCUT2D eigenvalue weighted by Gasteiger charge is -2.21. The fraction of sp³-hybridized carbons (Fsp3) is 0.625. The van der Waals surface area contributed by atoms with Crippen molar-refractivity contribution in [2.75, 3.05) is 0 Å². The summed E-state index contributed by atoms with van der Waals surface area (Å²) in [6.45, 7) is 13.4. The second-order valence-corrected chi connectivity index (χ2v) is 7.60. The van der Waals surface area contributed by atoms with E-state index in [0.717, 1.165) is 29.4 Å². The standard InChI is InChI=1S/C16H25N3/c1-15(2,3)8-7-12-11-10-17-19-13(11)9-14(18-12)16(4,5)6/h9-10H,7-8H2,1-6H3,(H,17,19). The predicted molar refractivity (Wildman–Crippen MR) is 80.4 cm³/mol. The highest BCUT2D eigenvalue weighted by molar-refractivity contribution is 5.80. The largest absolute Gasteiger partial charge is 0.278 e. The van der Waals surface area contributed by atoms with Crippen LogP contribution >= 0.6 is 0 Å². The lowest BCUT2D eigenvalue weighted by Crippen LogP contribution is -2.15. The number of pyridine rings is 1. The number of aromatic amines is 1. The van der Waals surface area contributed by atoms with E-state index in [9.17, 15) is 0 Å². The highest BCUT2D eigenvalue weighted by Gasteiger charge is 2.19. The zero-order valence-corrected chi connectivity index (χ0v) is 13.0. The molecule has 2 aromatic heterocycles. The van der Waals surface area contributed by atoms with Gasteiger partial charge in [0, 0.05) is 16.5 Å². The maximum atomic E-state index is 4.89. The molecule has 0 bridgehead atoms. The second-order valence-electron chi connectivity index (χ2n) is 7.60. The normalized spacial score (nSPS) is 13.2. The van der Waals surface area contributed by atoms with E-state index in [0.29, 0.717) is 5.41 Å². The molecule has 0 atom stereocenters. The minimum Gasteiger partial charge on any atom is -0.278 e. The fourth-order valence-corrected chi connectivity index (χ4v) is 2.08. The van der Waals surface area contributed by atoms with Crippen LogP contribution in [0, 0.1) is 5.41 Å². The van der Waals surface area contributed by atoms with Gasteiger partial charge in [0.05, 0.1) is 17.4 Å². The molecule has 0 aliphatic rings. The van der Waals surface area contributed by atoms with Gasteiger partial charge in [0.15, 0.2) is 0 Å². The van der Waals surface area contributed by atoms with Crippen LogP contribution in [0.2, 0.25) is 0 Å². The highest BCUT2D eigenvalue weighted by Crippen LogP contribution is 2.28. The SMILES string of the molecule is CC(C)(C)CCc1nc(C(C)(C)C)cc2[nH]ncc12. The maximum absolute atomic E-state index is 4.89. The van der Waals surface area contributed by atoms with Gasteiger partial charge in [-0.25, -0.2) is 0 Å². The first-order valence-electron chi connectivity index (χ1n) is 7.00. The van der Waals surface area contributed by atoms with Crippen molar-refractivity contribution < 1.29 is 0 Å². The topological polar surface area (TPSA) is 41.6 Å². The van der Waals surface area contributed by atoms with E-state index >= 15 is 0 Å². The van der Waals surface area contributed by atoms with Crippen LogP contribution < -0.4 is 0 Å². The van der Waals surface area contributed by atoms with Gasteiger partial charge in [0.1, 0.15) is 0 Å². The molecule has 0 radical (unpaired) electrons. The van der Waals surface area contributed by atoms with Gasteiger partial charge < -0.3 is 0 Å². The van der Waals surface area contributed by atoms with Gasteiger partial charge >= 0.3 is 0 Å². The Hall–Kier alpha value is -1.38. The molecular weight excluding hydrogens is 234 g/mol. The molecule has 0 spiro atoms. The van der Waals surface area contributed by atoms with Crippen LogP contribution in [0.15, 0.2) is 12.3 Å². The lowest BCUT2D eigenvalue weighted by atomic mass is 9.88. The minimum absolute atomic E-state index is 0.0653. The van der Waals surface area contributed by atoms with Crippen LogP contribution in [0.4, 0.5) is 0 Å². The summed E-state index contributed by atoms with van der Waals surface area (Å²) in [4.78, 5) is 4.89. The summed E-state index contributed by atoms with van der Waals surface area (Å²) >= 11 is 0. The molecule has 0 aliphatic heterocycles. The molecule has 104 valence electrons. The number of fused-ring (bicyclic) bond motifs is 1. The first-order chi connectivity index (χ1) is 8.67. The Morgan fingerprint density at radius 2 is 1.79 bits per heavy atom. The molecule has 19 heavy (non-hydrogen) atoms. The number of H-pyrrole nitrogens is 1. The van der Waals surface area contributed by atoms with Crippen LogP contribution in [0.1, 0.15) is 59.4 Å². The molecule has 3 nitrogen and oxygen atoms in total. The van der Waals surface area contributed by atoms with Crippen LogP contribution in [0.25, 0.3) is 10.9 Å². The second kappa shape index (κ2) is 4.62. The quantitative estimate of drug-likeness (QED) is 0.876. The summed E-state index contributed by atoms with van der Waals surface area (Å²) in [5.41, 5.74) is 3.80. The van der Waals surface area contributed by atoms with Crippen molar-refractivity contribution in [3.8, 4) is 0 Å². The van der Waals surface area contributed by atoms with Crippen LogP contribution in [-0.4, -0.2) is 15.2 Å². The Bertz CT molecular complexity index is 568. The van der Waals surface area contributed by atoms with Crippen molar-refractivity contribution in [2.24, 2.45) is 5.41 Å². The zero-order valence-electron chi connectivity index (χ0n) is 13.0. The summed E-state index contributed by atoms with van der Waals surface area (Å²) in [6, 6.07) is 2.13. The van der Waals surface area contributed by atoms with E-state index in [1.54, 1.807) is 0 Å². The van der Waals surface area contributed by atoms with Crippen molar-refractivity contribution in [1.29, 1.82) is 0 Å². The number of nitrogens with zero attached hydrogens (tertiary/aromatic N) is 2.